The van der Waals surface area contributed by atoms with Crippen molar-refractivity contribution in [3.05, 3.63) is 32.4 Å². The summed E-state index contributed by atoms with van der Waals surface area (Å²) in [5.74, 6) is 0. The van der Waals surface area contributed by atoms with Gasteiger partial charge in [0.15, 0.2) is 4.77 Å². The van der Waals surface area contributed by atoms with Crippen LogP contribution >= 0.6 is 12.2 Å². The van der Waals surface area contributed by atoms with E-state index in [0.717, 1.165) is 0 Å². The topological polar surface area (TPSA) is 59.9 Å². The molecule has 2 rings (SSSR count). The van der Waals surface area contributed by atoms with Crippen molar-refractivity contribution in [3.63, 3.8) is 0 Å². The number of aryl methyl sites for hydroxylation is 2. The molecule has 0 aliphatic rings. The Kier molecular flexibility index (Phi) is 4.79. The first kappa shape index (κ1) is 15.7. The Labute approximate surface area is 124 Å². The van der Waals surface area contributed by atoms with Gasteiger partial charge in [0.05, 0.1) is 5.39 Å². The van der Waals surface area contributed by atoms with Gasteiger partial charge in [0.2, 0.25) is 0 Å². The minimum atomic E-state index is -2.75. The zero-order chi connectivity index (χ0) is 15.6. The summed E-state index contributed by atoms with van der Waals surface area (Å²) >= 11 is 5.11. The lowest BCUT2D eigenvalue weighted by Gasteiger charge is -2.13. The summed E-state index contributed by atoms with van der Waals surface area (Å²) in [7, 11) is 1.57. The Morgan fingerprint density at radius 1 is 1.52 bits per heavy atom. The van der Waals surface area contributed by atoms with Crippen molar-refractivity contribution < 1.29 is 13.5 Å². The molecule has 114 valence electrons. The molecule has 2 heterocycles. The van der Waals surface area contributed by atoms with E-state index in [0.29, 0.717) is 25.3 Å². The van der Waals surface area contributed by atoms with E-state index in [-0.39, 0.29) is 21.4 Å². The number of hydrogen-bond acceptors (Lipinski definition) is 4. The second-order valence-electron chi connectivity index (χ2n) is 4.61. The van der Waals surface area contributed by atoms with Gasteiger partial charge in [-0.05, 0) is 31.6 Å². The van der Waals surface area contributed by atoms with Gasteiger partial charge in [-0.15, -0.1) is 0 Å². The molecule has 0 aliphatic carbocycles. The number of ether oxygens (including phenoxy) is 1. The number of aromatic amines is 1. The number of aromatic nitrogens is 3. The van der Waals surface area contributed by atoms with Crippen LogP contribution in [0.15, 0.2) is 10.9 Å². The van der Waals surface area contributed by atoms with Gasteiger partial charge in [-0.2, -0.15) is 0 Å². The molecule has 0 saturated carbocycles. The third-order valence-corrected chi connectivity index (χ3v) is 3.40. The first-order valence-electron chi connectivity index (χ1n) is 6.37. The highest BCUT2D eigenvalue weighted by atomic mass is 32.1. The molecule has 0 aromatic carbocycles. The van der Waals surface area contributed by atoms with Gasteiger partial charge >= 0.3 is 0 Å². The van der Waals surface area contributed by atoms with Crippen LogP contribution in [0.4, 0.5) is 8.78 Å². The predicted molar refractivity (Wildman–Crippen MR) is 77.4 cm³/mol. The Morgan fingerprint density at radius 2 is 2.24 bits per heavy atom. The second-order valence-corrected chi connectivity index (χ2v) is 5.00. The molecule has 0 aliphatic heterocycles. The summed E-state index contributed by atoms with van der Waals surface area (Å²) in [6.45, 7) is 2.53. The SMILES string of the molecule is COCCCn1c(=S)[nH]c(=O)c2c(C(F)F)cc(C)nc21. The zero-order valence-corrected chi connectivity index (χ0v) is 12.5. The normalized spacial score (nSPS) is 11.5. The van der Waals surface area contributed by atoms with Crippen molar-refractivity contribution in [2.24, 2.45) is 0 Å². The van der Waals surface area contributed by atoms with Gasteiger partial charge in [0, 0.05) is 31.5 Å². The molecule has 21 heavy (non-hydrogen) atoms. The minimum Gasteiger partial charge on any atom is -0.385 e. The van der Waals surface area contributed by atoms with Crippen LogP contribution in [-0.4, -0.2) is 28.3 Å². The lowest BCUT2D eigenvalue weighted by Crippen LogP contribution is -2.18. The summed E-state index contributed by atoms with van der Waals surface area (Å²) < 4.78 is 33.0. The molecule has 5 nitrogen and oxygen atoms in total. The number of H-pyrrole nitrogens is 1. The lowest BCUT2D eigenvalue weighted by atomic mass is 10.1. The molecule has 0 saturated heterocycles. The van der Waals surface area contributed by atoms with E-state index < -0.39 is 12.0 Å². The number of rotatable bonds is 5. The van der Waals surface area contributed by atoms with Crippen molar-refractivity contribution in [1.29, 1.82) is 0 Å². The van der Waals surface area contributed by atoms with Crippen LogP contribution in [0.5, 0.6) is 0 Å². The zero-order valence-electron chi connectivity index (χ0n) is 11.7. The molecule has 0 bridgehead atoms. The number of alkyl halides is 2. The van der Waals surface area contributed by atoms with Crippen LogP contribution in [0.3, 0.4) is 0 Å². The molecule has 0 unspecified atom stereocenters. The van der Waals surface area contributed by atoms with Crippen molar-refractivity contribution in [1.82, 2.24) is 14.5 Å². The van der Waals surface area contributed by atoms with E-state index >= 15 is 0 Å². The largest absolute Gasteiger partial charge is 0.385 e. The number of methoxy groups -OCH3 is 1. The Bertz CT molecular complexity index is 770. The Hall–Kier alpha value is -1.67. The standard InChI is InChI=1S/C13H15F2N3O2S/c1-7-6-8(10(14)15)9-11(16-7)18(4-3-5-20-2)13(21)17-12(9)19/h6,10H,3-5H2,1-2H3,(H,17,19,21). The number of nitrogens with zero attached hydrogens (tertiary/aromatic N) is 2. The molecule has 0 spiro atoms. The van der Waals surface area contributed by atoms with Gasteiger partial charge in [-0.25, -0.2) is 13.8 Å². The summed E-state index contributed by atoms with van der Waals surface area (Å²) in [5, 5.41) is -0.110. The van der Waals surface area contributed by atoms with E-state index in [2.05, 4.69) is 9.97 Å². The van der Waals surface area contributed by atoms with Gasteiger partial charge in [0.1, 0.15) is 5.65 Å². The monoisotopic (exact) mass is 315 g/mol. The molecule has 0 fully saturated rings. The molecule has 0 amide bonds. The highest BCUT2D eigenvalue weighted by Gasteiger charge is 2.18. The minimum absolute atomic E-state index is 0.110. The third-order valence-electron chi connectivity index (χ3n) is 3.07. The average molecular weight is 315 g/mol. The van der Waals surface area contributed by atoms with Gasteiger partial charge in [-0.3, -0.25) is 9.78 Å². The van der Waals surface area contributed by atoms with Crippen molar-refractivity contribution in [2.45, 2.75) is 26.3 Å². The van der Waals surface area contributed by atoms with E-state index in [1.807, 2.05) is 0 Å². The molecule has 2 aromatic heterocycles. The summed E-state index contributed by atoms with van der Waals surface area (Å²) in [6, 6.07) is 1.23. The van der Waals surface area contributed by atoms with E-state index in [4.69, 9.17) is 17.0 Å². The molecule has 0 atom stereocenters. The third kappa shape index (κ3) is 3.16. The second kappa shape index (κ2) is 6.40. The highest BCUT2D eigenvalue weighted by molar-refractivity contribution is 7.71. The fraction of sp³-hybridized carbons (Fsp3) is 0.462. The lowest BCUT2D eigenvalue weighted by molar-refractivity contribution is 0.153. The Balaban J connectivity index is 2.74. The van der Waals surface area contributed by atoms with E-state index in [1.54, 1.807) is 18.6 Å². The summed E-state index contributed by atoms with van der Waals surface area (Å²) in [6.07, 6.45) is -2.12. The summed E-state index contributed by atoms with van der Waals surface area (Å²) in [4.78, 5) is 18.6. The molecule has 0 radical (unpaired) electrons. The van der Waals surface area contributed by atoms with Crippen molar-refractivity contribution in [3.8, 4) is 0 Å². The highest BCUT2D eigenvalue weighted by Crippen LogP contribution is 2.25. The maximum atomic E-state index is 13.2. The van der Waals surface area contributed by atoms with Gasteiger partial charge < -0.3 is 9.30 Å². The van der Waals surface area contributed by atoms with Crippen LogP contribution in [-0.2, 0) is 11.3 Å². The fourth-order valence-corrected chi connectivity index (χ4v) is 2.45. The quantitative estimate of drug-likeness (QED) is 0.681. The number of fused-ring (bicyclic) bond motifs is 1. The maximum absolute atomic E-state index is 13.2. The Morgan fingerprint density at radius 3 is 2.86 bits per heavy atom. The smallest absolute Gasteiger partial charge is 0.264 e. The average Bonchev–Trinajstić information content (AvgIpc) is 2.41. The maximum Gasteiger partial charge on any atom is 0.264 e. The van der Waals surface area contributed by atoms with Crippen molar-refractivity contribution >= 4 is 23.3 Å². The molecule has 1 N–H and O–H groups in total. The first-order valence-corrected chi connectivity index (χ1v) is 6.78. The number of nitrogens with one attached hydrogen (secondary N) is 1. The van der Waals surface area contributed by atoms with Gasteiger partial charge in [0.25, 0.3) is 12.0 Å². The van der Waals surface area contributed by atoms with Crippen LogP contribution < -0.4 is 5.56 Å². The molecule has 8 heteroatoms. The van der Waals surface area contributed by atoms with Crippen molar-refractivity contribution in [2.75, 3.05) is 13.7 Å². The van der Waals surface area contributed by atoms with Crippen LogP contribution in [0.2, 0.25) is 0 Å². The van der Waals surface area contributed by atoms with E-state index in [1.165, 1.54) is 6.07 Å². The first-order chi connectivity index (χ1) is 9.95. The number of hydrogen-bond donors (Lipinski definition) is 1. The van der Waals surface area contributed by atoms with Crippen LogP contribution in [0.25, 0.3) is 11.0 Å². The number of pyridine rings is 1. The van der Waals surface area contributed by atoms with Crippen LogP contribution in [0.1, 0.15) is 24.1 Å². The van der Waals surface area contributed by atoms with Crippen LogP contribution in [0, 0.1) is 11.7 Å². The van der Waals surface area contributed by atoms with E-state index in [9.17, 15) is 13.6 Å². The van der Waals surface area contributed by atoms with Gasteiger partial charge in [-0.1, -0.05) is 0 Å². The fourth-order valence-electron chi connectivity index (χ4n) is 2.18. The molecular formula is C13H15F2N3O2S. The summed E-state index contributed by atoms with van der Waals surface area (Å²) in [5.41, 5.74) is -0.358. The number of halogens is 2. The molecular weight excluding hydrogens is 300 g/mol. The molecule has 2 aromatic rings. The predicted octanol–water partition coefficient (Wildman–Crippen LogP) is 2.74.